The number of fused-ring (bicyclic) bond motifs is 1. The number of amides is 2. The summed E-state index contributed by atoms with van der Waals surface area (Å²) in [5.41, 5.74) is 5.77. The summed E-state index contributed by atoms with van der Waals surface area (Å²) in [4.78, 5) is 35.8. The molecule has 2 amide bonds. The molecule has 44 heavy (non-hydrogen) atoms. The van der Waals surface area contributed by atoms with Crippen molar-refractivity contribution in [1.82, 2.24) is 29.5 Å². The quantitative estimate of drug-likeness (QED) is 0.275. The van der Waals surface area contributed by atoms with Crippen molar-refractivity contribution in [2.45, 2.75) is 25.3 Å². The average Bonchev–Trinajstić information content (AvgIpc) is 3.67. The minimum atomic E-state index is -0.0605. The van der Waals surface area contributed by atoms with Gasteiger partial charge in [0.15, 0.2) is 5.69 Å². The molecule has 2 fully saturated rings. The zero-order valence-corrected chi connectivity index (χ0v) is 26.2. The lowest BCUT2D eigenvalue weighted by Gasteiger charge is -2.48. The molecule has 8 nitrogen and oxygen atoms in total. The van der Waals surface area contributed by atoms with E-state index in [-0.39, 0.29) is 17.9 Å². The van der Waals surface area contributed by atoms with Crippen LogP contribution in [-0.2, 0) is 6.42 Å². The van der Waals surface area contributed by atoms with Gasteiger partial charge in [-0.1, -0.05) is 46.9 Å². The monoisotopic (exact) mass is 648 g/mol. The normalized spacial score (nSPS) is 18.4. The standard InChI is InChI=1S/C33H31Cl3N6O2/c34-23-8-6-21(7-9-23)17-22-3-1-4-26-30(38-42(31(22)26)29-11-10-24(35)18-27(29)36)33(44)41-19-25(20-41)39-13-15-40(16-14-39)32(43)28-5-2-12-37-28/h2,5-12,17-18,25,37H,1,3-4,13-16,19-20H2. The number of aromatic amines is 1. The summed E-state index contributed by atoms with van der Waals surface area (Å²) in [5, 5.41) is 6.62. The molecule has 226 valence electrons. The summed E-state index contributed by atoms with van der Waals surface area (Å²) in [6, 6.07) is 17.0. The van der Waals surface area contributed by atoms with Crippen LogP contribution in [0.25, 0.3) is 17.3 Å². The van der Waals surface area contributed by atoms with Crippen molar-refractivity contribution in [2.75, 3.05) is 39.3 Å². The summed E-state index contributed by atoms with van der Waals surface area (Å²) in [6.07, 6.45) is 6.44. The number of carbonyl (C=O) groups is 2. The summed E-state index contributed by atoms with van der Waals surface area (Å²) < 4.78 is 1.82. The van der Waals surface area contributed by atoms with Crippen LogP contribution in [0.15, 0.2) is 60.8 Å². The van der Waals surface area contributed by atoms with Crippen LogP contribution in [0.3, 0.4) is 0 Å². The first-order valence-electron chi connectivity index (χ1n) is 14.9. The van der Waals surface area contributed by atoms with Crippen molar-refractivity contribution in [3.63, 3.8) is 0 Å². The van der Waals surface area contributed by atoms with Crippen molar-refractivity contribution in [3.8, 4) is 5.69 Å². The van der Waals surface area contributed by atoms with Gasteiger partial charge in [0.25, 0.3) is 11.8 Å². The number of hydrogen-bond donors (Lipinski definition) is 1. The van der Waals surface area contributed by atoms with Gasteiger partial charge in [0.2, 0.25) is 0 Å². The Morgan fingerprint density at radius 3 is 2.32 bits per heavy atom. The Balaban J connectivity index is 1.12. The lowest BCUT2D eigenvalue weighted by molar-refractivity contribution is 0.00805. The van der Waals surface area contributed by atoms with Gasteiger partial charge >= 0.3 is 0 Å². The molecule has 0 bridgehead atoms. The number of halogens is 3. The van der Waals surface area contributed by atoms with E-state index in [1.54, 1.807) is 18.3 Å². The van der Waals surface area contributed by atoms with E-state index in [0.717, 1.165) is 54.7 Å². The third-order valence-corrected chi connectivity index (χ3v) is 9.60. The van der Waals surface area contributed by atoms with Gasteiger partial charge in [-0.2, -0.15) is 5.10 Å². The summed E-state index contributed by atoms with van der Waals surface area (Å²) in [5.74, 6) is -0.0275. The number of hydrogen-bond acceptors (Lipinski definition) is 4. The van der Waals surface area contributed by atoms with Crippen LogP contribution in [0.4, 0.5) is 0 Å². The first-order chi connectivity index (χ1) is 21.4. The average molecular weight is 650 g/mol. The van der Waals surface area contributed by atoms with Crippen molar-refractivity contribution in [2.24, 2.45) is 0 Å². The van der Waals surface area contributed by atoms with E-state index in [1.807, 2.05) is 56.9 Å². The second kappa shape index (κ2) is 12.1. The third kappa shape index (κ3) is 5.56. The molecule has 0 spiro atoms. The molecule has 1 N–H and O–H groups in total. The summed E-state index contributed by atoms with van der Waals surface area (Å²) in [7, 11) is 0. The molecule has 1 aliphatic carbocycles. The molecular weight excluding hydrogens is 619 g/mol. The molecule has 4 aromatic rings. The molecule has 7 rings (SSSR count). The highest BCUT2D eigenvalue weighted by Gasteiger charge is 2.40. The minimum Gasteiger partial charge on any atom is -0.357 e. The van der Waals surface area contributed by atoms with E-state index >= 15 is 0 Å². The summed E-state index contributed by atoms with van der Waals surface area (Å²) in [6.45, 7) is 4.20. The number of nitrogens with one attached hydrogen (secondary N) is 1. The van der Waals surface area contributed by atoms with Crippen LogP contribution in [-0.4, -0.2) is 86.6 Å². The van der Waals surface area contributed by atoms with E-state index in [0.29, 0.717) is 58.3 Å². The molecule has 2 saturated heterocycles. The number of aromatic nitrogens is 3. The van der Waals surface area contributed by atoms with Crippen LogP contribution in [0.5, 0.6) is 0 Å². The molecule has 2 aromatic heterocycles. The molecule has 11 heteroatoms. The van der Waals surface area contributed by atoms with E-state index < -0.39 is 0 Å². The number of carbonyl (C=O) groups excluding carboxylic acids is 2. The fourth-order valence-corrected chi connectivity index (χ4v) is 7.03. The van der Waals surface area contributed by atoms with Gasteiger partial charge in [0.05, 0.1) is 16.4 Å². The molecular formula is C33H31Cl3N6O2. The highest BCUT2D eigenvalue weighted by Crippen LogP contribution is 2.38. The number of likely N-dealkylation sites (tertiary alicyclic amines) is 1. The van der Waals surface area contributed by atoms with Gasteiger partial charge in [-0.25, -0.2) is 4.68 Å². The lowest BCUT2D eigenvalue weighted by atomic mass is 9.89. The van der Waals surface area contributed by atoms with E-state index in [1.165, 1.54) is 0 Å². The molecule has 2 aromatic carbocycles. The largest absolute Gasteiger partial charge is 0.357 e. The Morgan fingerprint density at radius 1 is 0.864 bits per heavy atom. The number of rotatable bonds is 5. The number of piperazine rings is 1. The topological polar surface area (TPSA) is 77.5 Å². The van der Waals surface area contributed by atoms with Crippen LogP contribution >= 0.6 is 34.8 Å². The van der Waals surface area contributed by atoms with Gasteiger partial charge in [-0.05, 0) is 78.9 Å². The lowest BCUT2D eigenvalue weighted by Crippen LogP contribution is -2.64. The maximum atomic E-state index is 14.0. The van der Waals surface area contributed by atoms with Crippen LogP contribution in [0, 0.1) is 0 Å². The van der Waals surface area contributed by atoms with Gasteiger partial charge in [-0.15, -0.1) is 0 Å². The molecule has 0 unspecified atom stereocenters. The van der Waals surface area contributed by atoms with Gasteiger partial charge in [0, 0.05) is 67.1 Å². The second-order valence-corrected chi connectivity index (χ2v) is 12.8. The maximum Gasteiger partial charge on any atom is 0.274 e. The molecule has 2 aliphatic heterocycles. The first-order valence-corrected chi connectivity index (χ1v) is 16.0. The third-order valence-electron chi connectivity index (χ3n) is 8.81. The molecule has 0 radical (unpaired) electrons. The van der Waals surface area contributed by atoms with E-state index in [2.05, 4.69) is 16.0 Å². The van der Waals surface area contributed by atoms with Gasteiger partial charge in [-0.3, -0.25) is 14.5 Å². The zero-order chi connectivity index (χ0) is 30.4. The number of allylic oxidation sites excluding steroid dienone is 1. The van der Waals surface area contributed by atoms with E-state index in [9.17, 15) is 9.59 Å². The highest BCUT2D eigenvalue weighted by atomic mass is 35.5. The van der Waals surface area contributed by atoms with Gasteiger partial charge in [0.1, 0.15) is 5.69 Å². The second-order valence-electron chi connectivity index (χ2n) is 11.5. The summed E-state index contributed by atoms with van der Waals surface area (Å²) >= 11 is 19.0. The van der Waals surface area contributed by atoms with Crippen LogP contribution in [0.1, 0.15) is 50.6 Å². The Labute approximate surface area is 270 Å². The Hall–Kier alpha value is -3.56. The van der Waals surface area contributed by atoms with Crippen molar-refractivity contribution in [1.29, 1.82) is 0 Å². The number of benzene rings is 2. The van der Waals surface area contributed by atoms with Crippen molar-refractivity contribution in [3.05, 3.63) is 104 Å². The van der Waals surface area contributed by atoms with Gasteiger partial charge < -0.3 is 14.8 Å². The molecule has 0 saturated carbocycles. The fourth-order valence-electron chi connectivity index (χ4n) is 6.42. The number of nitrogens with zero attached hydrogens (tertiary/aromatic N) is 5. The molecule has 3 aliphatic rings. The van der Waals surface area contributed by atoms with E-state index in [4.69, 9.17) is 39.9 Å². The highest BCUT2D eigenvalue weighted by molar-refractivity contribution is 6.35. The molecule has 4 heterocycles. The van der Waals surface area contributed by atoms with Crippen molar-refractivity contribution < 1.29 is 9.59 Å². The SMILES string of the molecule is O=C(c1ccc[nH]1)N1CCN(C2CN(C(=O)c3nn(-c4ccc(Cl)cc4Cl)c4c3CCCC4=Cc3ccc(Cl)cc3)C2)CC1. The Kier molecular flexibility index (Phi) is 8.01. The zero-order valence-electron chi connectivity index (χ0n) is 24.0. The van der Waals surface area contributed by atoms with Crippen molar-refractivity contribution >= 4 is 58.3 Å². The number of H-pyrrole nitrogens is 1. The Bertz CT molecular complexity index is 1730. The Morgan fingerprint density at radius 2 is 1.61 bits per heavy atom. The minimum absolute atomic E-state index is 0.0331. The first kappa shape index (κ1) is 29.2. The predicted molar refractivity (Wildman–Crippen MR) is 174 cm³/mol. The van der Waals surface area contributed by atoms with Crippen LogP contribution in [0.2, 0.25) is 15.1 Å². The predicted octanol–water partition coefficient (Wildman–Crippen LogP) is 6.32. The maximum absolute atomic E-state index is 14.0. The molecule has 0 atom stereocenters. The fraction of sp³-hybridized carbons (Fsp3) is 0.303. The van der Waals surface area contributed by atoms with Crippen LogP contribution < -0.4 is 0 Å². The smallest absolute Gasteiger partial charge is 0.274 e.